The van der Waals surface area contributed by atoms with E-state index in [1.54, 1.807) is 4.90 Å². The van der Waals surface area contributed by atoms with Crippen molar-refractivity contribution in [3.05, 3.63) is 42.0 Å². The maximum Gasteiger partial charge on any atom is 0.260 e. The minimum absolute atomic E-state index is 0.0682. The van der Waals surface area contributed by atoms with E-state index in [-0.39, 0.29) is 12.7 Å². The van der Waals surface area contributed by atoms with Gasteiger partial charge in [-0.3, -0.25) is 9.69 Å². The fourth-order valence-corrected chi connectivity index (χ4v) is 4.67. The number of rotatable bonds is 11. The zero-order chi connectivity index (χ0) is 23.2. The van der Waals surface area contributed by atoms with Crippen LogP contribution in [0.1, 0.15) is 44.0 Å². The van der Waals surface area contributed by atoms with Crippen molar-refractivity contribution in [1.29, 1.82) is 0 Å². The Bertz CT molecular complexity index is 1040. The molecule has 7 nitrogen and oxygen atoms in total. The third-order valence-corrected chi connectivity index (χ3v) is 6.79. The van der Waals surface area contributed by atoms with Crippen LogP contribution in [0.3, 0.4) is 0 Å². The standard InChI is InChI=1S/C25H31N3O4S/c1-4-7-14-30-19-10-8-18(9-11-19)24(29)28(13-12-27(5-2)6-3)25-26-20-15-21-22(32-17-31-21)16-23(20)33-25/h8-11,15-16H,4-7,12-14,17H2,1-3H3. The van der Waals surface area contributed by atoms with Crippen molar-refractivity contribution in [3.8, 4) is 17.2 Å². The van der Waals surface area contributed by atoms with E-state index in [4.69, 9.17) is 19.2 Å². The largest absolute Gasteiger partial charge is 0.494 e. The van der Waals surface area contributed by atoms with E-state index < -0.39 is 0 Å². The number of ether oxygens (including phenoxy) is 3. The number of hydrogen-bond acceptors (Lipinski definition) is 7. The van der Waals surface area contributed by atoms with Gasteiger partial charge in [-0.15, -0.1) is 0 Å². The lowest BCUT2D eigenvalue weighted by atomic mass is 10.2. The van der Waals surface area contributed by atoms with Crippen molar-refractivity contribution in [2.24, 2.45) is 0 Å². The summed E-state index contributed by atoms with van der Waals surface area (Å²) in [6.07, 6.45) is 2.10. The smallest absolute Gasteiger partial charge is 0.260 e. The summed E-state index contributed by atoms with van der Waals surface area (Å²) in [6, 6.07) is 11.2. The van der Waals surface area contributed by atoms with Crippen LogP contribution in [-0.2, 0) is 0 Å². The molecular formula is C25H31N3O4S. The molecular weight excluding hydrogens is 438 g/mol. The number of carbonyl (C=O) groups excluding carboxylic acids is 1. The quantitative estimate of drug-likeness (QED) is 0.360. The van der Waals surface area contributed by atoms with Crippen LogP contribution in [0.2, 0.25) is 0 Å². The molecule has 1 aliphatic heterocycles. The average molecular weight is 470 g/mol. The highest BCUT2D eigenvalue weighted by Crippen LogP contribution is 2.40. The van der Waals surface area contributed by atoms with E-state index in [0.717, 1.165) is 54.2 Å². The average Bonchev–Trinajstić information content (AvgIpc) is 3.46. The molecule has 2 heterocycles. The predicted molar refractivity (Wildman–Crippen MR) is 132 cm³/mol. The van der Waals surface area contributed by atoms with Crippen molar-refractivity contribution < 1.29 is 19.0 Å². The molecule has 4 rings (SSSR count). The number of likely N-dealkylation sites (N-methyl/N-ethyl adjacent to an activating group) is 1. The van der Waals surface area contributed by atoms with Gasteiger partial charge in [-0.05, 0) is 43.8 Å². The molecule has 3 aromatic rings. The van der Waals surface area contributed by atoms with Crippen LogP contribution in [0.15, 0.2) is 36.4 Å². The second-order valence-electron chi connectivity index (χ2n) is 7.88. The van der Waals surface area contributed by atoms with Gasteiger partial charge in [0.25, 0.3) is 5.91 Å². The molecule has 0 aliphatic carbocycles. The van der Waals surface area contributed by atoms with Gasteiger partial charge in [-0.1, -0.05) is 38.5 Å². The van der Waals surface area contributed by atoms with Crippen LogP contribution in [0.25, 0.3) is 10.2 Å². The number of unbranched alkanes of at least 4 members (excludes halogenated alkanes) is 1. The predicted octanol–water partition coefficient (Wildman–Crippen LogP) is 5.19. The summed E-state index contributed by atoms with van der Waals surface area (Å²) < 4.78 is 17.7. The second-order valence-corrected chi connectivity index (χ2v) is 8.89. The molecule has 0 N–H and O–H groups in total. The molecule has 0 bridgehead atoms. The summed E-state index contributed by atoms with van der Waals surface area (Å²) in [4.78, 5) is 22.4. The number of thiazole rings is 1. The molecule has 2 aromatic carbocycles. The van der Waals surface area contributed by atoms with Gasteiger partial charge in [0.2, 0.25) is 6.79 Å². The van der Waals surface area contributed by atoms with E-state index in [1.165, 1.54) is 11.3 Å². The molecule has 0 unspecified atom stereocenters. The highest BCUT2D eigenvalue weighted by atomic mass is 32.1. The van der Waals surface area contributed by atoms with Gasteiger partial charge in [-0.2, -0.15) is 0 Å². The van der Waals surface area contributed by atoms with Crippen LogP contribution < -0.4 is 19.1 Å². The maximum absolute atomic E-state index is 13.6. The zero-order valence-electron chi connectivity index (χ0n) is 19.5. The Labute approximate surface area is 198 Å². The number of carbonyl (C=O) groups is 1. The summed E-state index contributed by atoms with van der Waals surface area (Å²) in [6.45, 7) is 10.5. The Kier molecular flexibility index (Phi) is 7.67. The van der Waals surface area contributed by atoms with E-state index in [0.29, 0.717) is 29.6 Å². The first-order valence-corrected chi connectivity index (χ1v) is 12.4. The number of aromatic nitrogens is 1. The lowest BCUT2D eigenvalue weighted by Crippen LogP contribution is -2.38. The molecule has 0 atom stereocenters. The van der Waals surface area contributed by atoms with E-state index >= 15 is 0 Å². The van der Waals surface area contributed by atoms with E-state index in [9.17, 15) is 4.79 Å². The van der Waals surface area contributed by atoms with E-state index in [1.807, 2.05) is 36.4 Å². The van der Waals surface area contributed by atoms with Gasteiger partial charge < -0.3 is 19.1 Å². The topological polar surface area (TPSA) is 64.1 Å². The molecule has 1 amide bonds. The van der Waals surface area contributed by atoms with Crippen molar-refractivity contribution >= 4 is 32.6 Å². The first kappa shape index (κ1) is 23.3. The van der Waals surface area contributed by atoms with E-state index in [2.05, 4.69) is 25.7 Å². The summed E-state index contributed by atoms with van der Waals surface area (Å²) in [5, 5.41) is 0.675. The number of fused-ring (bicyclic) bond motifs is 2. The molecule has 0 saturated carbocycles. The number of amides is 1. The monoisotopic (exact) mass is 469 g/mol. The molecule has 0 fully saturated rings. The summed E-state index contributed by atoms with van der Waals surface area (Å²) in [7, 11) is 0. The Balaban J connectivity index is 1.59. The van der Waals surface area contributed by atoms with Gasteiger partial charge in [0.05, 0.1) is 16.8 Å². The van der Waals surface area contributed by atoms with Crippen molar-refractivity contribution in [3.63, 3.8) is 0 Å². The molecule has 8 heteroatoms. The van der Waals surface area contributed by atoms with Gasteiger partial charge >= 0.3 is 0 Å². The molecule has 0 saturated heterocycles. The third-order valence-electron chi connectivity index (χ3n) is 5.75. The number of hydrogen-bond donors (Lipinski definition) is 0. The van der Waals surface area contributed by atoms with Gasteiger partial charge in [0.1, 0.15) is 5.75 Å². The van der Waals surface area contributed by atoms with Crippen molar-refractivity contribution in [1.82, 2.24) is 9.88 Å². The highest BCUT2D eigenvalue weighted by molar-refractivity contribution is 7.22. The normalized spacial score (nSPS) is 12.5. The zero-order valence-corrected chi connectivity index (χ0v) is 20.3. The molecule has 33 heavy (non-hydrogen) atoms. The Morgan fingerprint density at radius 2 is 1.79 bits per heavy atom. The molecule has 1 aliphatic rings. The van der Waals surface area contributed by atoms with Crippen molar-refractivity contribution in [2.75, 3.05) is 44.5 Å². The molecule has 0 radical (unpaired) electrons. The summed E-state index contributed by atoms with van der Waals surface area (Å²) in [5.74, 6) is 2.13. The fraction of sp³-hybridized carbons (Fsp3) is 0.440. The van der Waals surface area contributed by atoms with Crippen LogP contribution in [0.5, 0.6) is 17.2 Å². The van der Waals surface area contributed by atoms with Crippen LogP contribution >= 0.6 is 11.3 Å². The van der Waals surface area contributed by atoms with Gasteiger partial charge in [0.15, 0.2) is 16.6 Å². The summed E-state index contributed by atoms with van der Waals surface area (Å²) in [5.41, 5.74) is 1.42. The summed E-state index contributed by atoms with van der Waals surface area (Å²) >= 11 is 1.49. The third kappa shape index (κ3) is 5.39. The van der Waals surface area contributed by atoms with Crippen LogP contribution in [0, 0.1) is 0 Å². The highest BCUT2D eigenvalue weighted by Gasteiger charge is 2.24. The Hall–Kier alpha value is -2.84. The SMILES string of the molecule is CCCCOc1ccc(C(=O)N(CCN(CC)CC)c2nc3cc4c(cc3s2)OCO4)cc1. The maximum atomic E-state index is 13.6. The second kappa shape index (κ2) is 10.9. The number of benzene rings is 2. The number of nitrogens with zero attached hydrogens (tertiary/aromatic N) is 3. The van der Waals surface area contributed by atoms with Gasteiger partial charge in [-0.25, -0.2) is 4.98 Å². The first-order valence-electron chi connectivity index (χ1n) is 11.6. The molecule has 176 valence electrons. The van der Waals surface area contributed by atoms with Crippen molar-refractivity contribution in [2.45, 2.75) is 33.6 Å². The van der Waals surface area contributed by atoms with Gasteiger partial charge in [0, 0.05) is 30.8 Å². The lowest BCUT2D eigenvalue weighted by Gasteiger charge is -2.24. The van der Waals surface area contributed by atoms with Crippen LogP contribution in [0.4, 0.5) is 5.13 Å². The Morgan fingerprint density at radius 1 is 1.06 bits per heavy atom. The Morgan fingerprint density at radius 3 is 2.48 bits per heavy atom. The minimum Gasteiger partial charge on any atom is -0.494 e. The molecule has 0 spiro atoms. The first-order chi connectivity index (χ1) is 16.1. The van der Waals surface area contributed by atoms with Crippen LogP contribution in [-0.4, -0.2) is 55.4 Å². The number of anilines is 1. The minimum atomic E-state index is -0.0682. The fourth-order valence-electron chi connectivity index (χ4n) is 3.67. The lowest BCUT2D eigenvalue weighted by molar-refractivity contribution is 0.0983. The molecule has 1 aromatic heterocycles.